The number of primary amides is 1. The summed E-state index contributed by atoms with van der Waals surface area (Å²) in [5.74, 6) is 0.982. The number of nitrogens with two attached hydrogens (primary N) is 1. The van der Waals surface area contributed by atoms with Gasteiger partial charge in [-0.3, -0.25) is 4.79 Å². The van der Waals surface area contributed by atoms with Gasteiger partial charge in [-0.25, -0.2) is 0 Å². The van der Waals surface area contributed by atoms with Crippen molar-refractivity contribution in [3.63, 3.8) is 0 Å². The first-order valence-electron chi connectivity index (χ1n) is 4.27. The van der Waals surface area contributed by atoms with Crippen LogP contribution in [0.3, 0.4) is 0 Å². The van der Waals surface area contributed by atoms with Crippen LogP contribution in [0.2, 0.25) is 0 Å². The Morgan fingerprint density at radius 2 is 1.77 bits per heavy atom. The number of rotatable bonds is 3. The van der Waals surface area contributed by atoms with E-state index < -0.39 is 0 Å². The number of carbonyl (C=O) groups excluding carboxylic acids is 1. The van der Waals surface area contributed by atoms with Crippen molar-refractivity contribution < 1.29 is 4.79 Å². The van der Waals surface area contributed by atoms with Gasteiger partial charge in [0.05, 0.1) is 0 Å². The molecule has 1 radical (unpaired) electrons. The van der Waals surface area contributed by atoms with Crippen molar-refractivity contribution in [2.24, 2.45) is 5.73 Å². The Balaban J connectivity index is 2.75. The molecule has 0 aliphatic rings. The van der Waals surface area contributed by atoms with Gasteiger partial charge in [-0.2, -0.15) is 0 Å². The van der Waals surface area contributed by atoms with Crippen molar-refractivity contribution in [3.8, 4) is 0 Å². The Bertz CT molecular complexity index is 287. The number of hydrogen-bond acceptors (Lipinski definition) is 1. The molecule has 0 spiro atoms. The van der Waals surface area contributed by atoms with Gasteiger partial charge >= 0.3 is 0 Å². The highest BCUT2D eigenvalue weighted by molar-refractivity contribution is 5.92. The Labute approximate surface area is 78.8 Å². The molecule has 1 rings (SSSR count). The van der Waals surface area contributed by atoms with Crippen LogP contribution in [0.5, 0.6) is 0 Å². The fourth-order valence-corrected chi connectivity index (χ4v) is 1.20. The number of amides is 1. The molecule has 0 atom stereocenters. The van der Waals surface area contributed by atoms with E-state index >= 15 is 0 Å². The second kappa shape index (κ2) is 4.08. The molecule has 1 aromatic carbocycles. The molecule has 13 heavy (non-hydrogen) atoms. The van der Waals surface area contributed by atoms with Crippen LogP contribution in [0, 0.1) is 5.92 Å². The monoisotopic (exact) mass is 176 g/mol. The first-order chi connectivity index (χ1) is 6.09. The molecule has 0 aliphatic heterocycles. The van der Waals surface area contributed by atoms with Gasteiger partial charge in [-0.1, -0.05) is 26.0 Å². The van der Waals surface area contributed by atoms with E-state index in [2.05, 4.69) is 13.8 Å². The predicted molar refractivity (Wildman–Crippen MR) is 53.3 cm³/mol. The lowest BCUT2D eigenvalue weighted by Gasteiger charge is -2.04. The van der Waals surface area contributed by atoms with Crippen LogP contribution in [0.25, 0.3) is 0 Å². The Morgan fingerprint density at radius 3 is 2.15 bits per heavy atom. The molecular weight excluding hydrogens is 162 g/mol. The van der Waals surface area contributed by atoms with E-state index in [1.807, 2.05) is 12.1 Å². The summed E-state index contributed by atoms with van der Waals surface area (Å²) in [5, 5.41) is 0. The van der Waals surface area contributed by atoms with E-state index in [1.165, 1.54) is 11.5 Å². The summed E-state index contributed by atoms with van der Waals surface area (Å²) in [5.41, 5.74) is 6.90. The van der Waals surface area contributed by atoms with E-state index in [4.69, 9.17) is 5.73 Å². The van der Waals surface area contributed by atoms with Crippen LogP contribution in [0.1, 0.15) is 29.8 Å². The van der Waals surface area contributed by atoms with Crippen LogP contribution in [-0.2, 0) is 6.42 Å². The fraction of sp³-hybridized carbons (Fsp3) is 0.273. The van der Waals surface area contributed by atoms with Crippen molar-refractivity contribution in [2.75, 3.05) is 0 Å². The average molecular weight is 176 g/mol. The molecule has 0 bridgehead atoms. The van der Waals surface area contributed by atoms with Crippen LogP contribution < -0.4 is 5.73 Å². The van der Waals surface area contributed by atoms with E-state index in [-0.39, 0.29) is 5.91 Å². The van der Waals surface area contributed by atoms with Crippen LogP contribution in [-0.4, -0.2) is 5.91 Å². The van der Waals surface area contributed by atoms with Crippen LogP contribution in [0.15, 0.2) is 24.3 Å². The lowest BCUT2D eigenvalue weighted by atomic mass is 10.0. The molecule has 2 N–H and O–H groups in total. The van der Waals surface area contributed by atoms with Crippen molar-refractivity contribution in [1.82, 2.24) is 0 Å². The van der Waals surface area contributed by atoms with Crippen molar-refractivity contribution in [3.05, 3.63) is 41.3 Å². The van der Waals surface area contributed by atoms with Crippen molar-refractivity contribution in [2.45, 2.75) is 20.3 Å². The first-order valence-corrected chi connectivity index (χ1v) is 4.27. The maximum Gasteiger partial charge on any atom is 0.248 e. The summed E-state index contributed by atoms with van der Waals surface area (Å²) in [6.45, 7) is 4.17. The van der Waals surface area contributed by atoms with Crippen molar-refractivity contribution >= 4 is 5.91 Å². The summed E-state index contributed by atoms with van der Waals surface area (Å²) >= 11 is 0. The molecule has 0 aliphatic carbocycles. The molecule has 0 saturated carbocycles. The summed E-state index contributed by atoms with van der Waals surface area (Å²) in [6.07, 6.45) is 0.957. The predicted octanol–water partition coefficient (Wildman–Crippen LogP) is 1.94. The third-order valence-corrected chi connectivity index (χ3v) is 1.80. The zero-order chi connectivity index (χ0) is 9.84. The average Bonchev–Trinajstić information content (AvgIpc) is 2.04. The van der Waals surface area contributed by atoms with Gasteiger partial charge in [0.1, 0.15) is 0 Å². The van der Waals surface area contributed by atoms with E-state index in [1.54, 1.807) is 12.1 Å². The topological polar surface area (TPSA) is 43.1 Å². The quantitative estimate of drug-likeness (QED) is 0.751. The smallest absolute Gasteiger partial charge is 0.248 e. The van der Waals surface area contributed by atoms with E-state index in [9.17, 15) is 4.79 Å². The molecule has 0 unspecified atom stereocenters. The Kier molecular flexibility index (Phi) is 3.07. The number of carbonyl (C=O) groups is 1. The normalized spacial score (nSPS) is 10.4. The Hall–Kier alpha value is -1.31. The van der Waals surface area contributed by atoms with Crippen LogP contribution >= 0.6 is 0 Å². The van der Waals surface area contributed by atoms with Gasteiger partial charge in [0, 0.05) is 5.56 Å². The minimum absolute atomic E-state index is 0.372. The molecule has 0 fully saturated rings. The molecule has 1 aromatic rings. The molecule has 0 saturated heterocycles. The molecule has 2 heteroatoms. The lowest BCUT2D eigenvalue weighted by Crippen LogP contribution is -2.10. The van der Waals surface area contributed by atoms with Gasteiger partial charge in [0.25, 0.3) is 0 Å². The largest absolute Gasteiger partial charge is 0.366 e. The summed E-state index contributed by atoms with van der Waals surface area (Å²) in [6, 6.07) is 7.40. The van der Waals surface area contributed by atoms with Gasteiger partial charge in [-0.15, -0.1) is 0 Å². The van der Waals surface area contributed by atoms with Gasteiger partial charge < -0.3 is 5.73 Å². The van der Waals surface area contributed by atoms with E-state index in [0.717, 1.165) is 6.42 Å². The fourth-order valence-electron chi connectivity index (χ4n) is 1.20. The third kappa shape index (κ3) is 2.90. The molecular formula is C11H14NO. The molecule has 0 heterocycles. The maximum atomic E-state index is 10.8. The standard InChI is InChI=1S/C11H14NO/c1-8(2)7-9-3-5-10(6-4-9)11(12)13/h3-6H,7H2,1-2H3,(H2,12,13). The third-order valence-electron chi connectivity index (χ3n) is 1.80. The minimum Gasteiger partial charge on any atom is -0.366 e. The van der Waals surface area contributed by atoms with Crippen LogP contribution in [0.4, 0.5) is 0 Å². The SMILES string of the molecule is C[C](C)Cc1ccc(C(N)=O)cc1. The minimum atomic E-state index is -0.372. The number of benzene rings is 1. The second-order valence-electron chi connectivity index (χ2n) is 3.45. The molecule has 0 aromatic heterocycles. The molecule has 69 valence electrons. The molecule has 1 amide bonds. The van der Waals surface area contributed by atoms with Gasteiger partial charge in [0.15, 0.2) is 0 Å². The first kappa shape index (κ1) is 9.78. The molecule has 2 nitrogen and oxygen atoms in total. The maximum absolute atomic E-state index is 10.8. The summed E-state index contributed by atoms with van der Waals surface area (Å²) in [4.78, 5) is 10.8. The highest BCUT2D eigenvalue weighted by atomic mass is 16.1. The zero-order valence-corrected chi connectivity index (χ0v) is 8.00. The van der Waals surface area contributed by atoms with E-state index in [0.29, 0.717) is 5.56 Å². The highest BCUT2D eigenvalue weighted by Gasteiger charge is 2.01. The van der Waals surface area contributed by atoms with Gasteiger partial charge in [0.2, 0.25) is 5.91 Å². The summed E-state index contributed by atoms with van der Waals surface area (Å²) in [7, 11) is 0. The highest BCUT2D eigenvalue weighted by Crippen LogP contribution is 2.10. The summed E-state index contributed by atoms with van der Waals surface area (Å²) < 4.78 is 0. The second-order valence-corrected chi connectivity index (χ2v) is 3.45. The zero-order valence-electron chi connectivity index (χ0n) is 8.00. The Morgan fingerprint density at radius 1 is 1.23 bits per heavy atom. The van der Waals surface area contributed by atoms with Crippen molar-refractivity contribution in [1.29, 1.82) is 0 Å². The lowest BCUT2D eigenvalue weighted by molar-refractivity contribution is 0.100. The number of hydrogen-bond donors (Lipinski definition) is 1. The van der Waals surface area contributed by atoms with Gasteiger partial charge in [-0.05, 0) is 30.0 Å².